The molecule has 0 saturated heterocycles. The lowest BCUT2D eigenvalue weighted by Crippen LogP contribution is -2.32. The molecule has 0 spiro atoms. The van der Waals surface area contributed by atoms with Gasteiger partial charge in [-0.1, -0.05) is 36.4 Å². The van der Waals surface area contributed by atoms with Gasteiger partial charge in [0.25, 0.3) is 0 Å². The summed E-state index contributed by atoms with van der Waals surface area (Å²) in [6.45, 7) is 1.51. The topological polar surface area (TPSA) is 67.3 Å². The Kier molecular flexibility index (Phi) is 4.21. The highest BCUT2D eigenvalue weighted by Crippen LogP contribution is 2.47. The van der Waals surface area contributed by atoms with Crippen LogP contribution >= 0.6 is 0 Å². The van der Waals surface area contributed by atoms with Crippen molar-refractivity contribution in [3.8, 4) is 11.6 Å². The first kappa shape index (κ1) is 17.7. The van der Waals surface area contributed by atoms with Gasteiger partial charge in [-0.05, 0) is 31.6 Å². The summed E-state index contributed by atoms with van der Waals surface area (Å²) < 4.78 is 14.0. The highest BCUT2D eigenvalue weighted by molar-refractivity contribution is 5.91. The molecule has 2 aromatic heterocycles. The van der Waals surface area contributed by atoms with E-state index in [1.807, 2.05) is 42.9 Å². The quantitative estimate of drug-likeness (QED) is 0.508. The van der Waals surface area contributed by atoms with Gasteiger partial charge in [-0.15, -0.1) is 0 Å². The number of aromatic nitrogens is 2. The molecule has 2 aromatic carbocycles. The minimum absolute atomic E-state index is 0.236. The number of hydrogen-bond donors (Lipinski definition) is 1. The highest BCUT2D eigenvalue weighted by Gasteiger charge is 2.34. The summed E-state index contributed by atoms with van der Waals surface area (Å²) in [5.74, 6) is 1.81. The van der Waals surface area contributed by atoms with Crippen molar-refractivity contribution in [3.05, 3.63) is 83.5 Å². The number of nitrogens with one attached hydrogen (secondary N) is 1. The Morgan fingerprint density at radius 1 is 1.10 bits per heavy atom. The summed E-state index contributed by atoms with van der Waals surface area (Å²) in [6, 6.07) is 16.2. The van der Waals surface area contributed by atoms with E-state index in [0.29, 0.717) is 17.9 Å². The van der Waals surface area contributed by atoms with Gasteiger partial charge < -0.3 is 18.6 Å². The average molecular weight is 386 g/mol. The van der Waals surface area contributed by atoms with Crippen molar-refractivity contribution in [2.45, 2.75) is 12.5 Å². The number of nitrogens with zero attached hydrogens (tertiary/aromatic N) is 3. The molecule has 1 atom stereocenters. The van der Waals surface area contributed by atoms with Crippen LogP contribution in [0.4, 0.5) is 0 Å². The molecule has 0 saturated carbocycles. The van der Waals surface area contributed by atoms with Crippen LogP contribution in [-0.4, -0.2) is 35.1 Å². The van der Waals surface area contributed by atoms with Gasteiger partial charge in [0.1, 0.15) is 23.3 Å². The maximum absolute atomic E-state index is 8.89. The molecule has 6 heteroatoms. The molecule has 0 radical (unpaired) electrons. The molecule has 0 fully saturated rings. The van der Waals surface area contributed by atoms with E-state index in [4.69, 9.17) is 14.6 Å². The summed E-state index contributed by atoms with van der Waals surface area (Å²) >= 11 is 0. The van der Waals surface area contributed by atoms with Crippen molar-refractivity contribution < 1.29 is 9.15 Å². The minimum atomic E-state index is -0.236. The first-order valence-electron chi connectivity index (χ1n) is 9.65. The zero-order valence-electron chi connectivity index (χ0n) is 16.4. The van der Waals surface area contributed by atoms with Gasteiger partial charge in [0.15, 0.2) is 0 Å². The summed E-state index contributed by atoms with van der Waals surface area (Å²) in [5, 5.41) is 11.0. The summed E-state index contributed by atoms with van der Waals surface area (Å²) in [4.78, 5) is 6.68. The van der Waals surface area contributed by atoms with Crippen molar-refractivity contribution in [2.75, 3.05) is 20.6 Å². The lowest BCUT2D eigenvalue weighted by molar-refractivity contribution is 0.369. The van der Waals surface area contributed by atoms with E-state index in [-0.39, 0.29) is 5.92 Å². The molecule has 3 heterocycles. The molecular formula is C23H22N4O2. The second kappa shape index (κ2) is 6.90. The second-order valence-electron chi connectivity index (χ2n) is 7.56. The van der Waals surface area contributed by atoms with E-state index in [1.165, 1.54) is 0 Å². The van der Waals surface area contributed by atoms with Gasteiger partial charge >= 0.3 is 0 Å². The molecule has 5 rings (SSSR count). The second-order valence-corrected chi connectivity index (χ2v) is 7.56. The summed E-state index contributed by atoms with van der Waals surface area (Å²) in [7, 11) is 4.04. The normalized spacial score (nSPS) is 15.2. The highest BCUT2D eigenvalue weighted by atomic mass is 16.5. The SMILES string of the molecule is CN(C)CCn1cnc2c(c1=N)[C@H](c1ccco1)c1ccc3ccccc3c1O2. The van der Waals surface area contributed by atoms with Crippen molar-refractivity contribution in [2.24, 2.45) is 0 Å². The van der Waals surface area contributed by atoms with Crippen LogP contribution in [0.5, 0.6) is 11.6 Å². The van der Waals surface area contributed by atoms with E-state index in [1.54, 1.807) is 12.6 Å². The minimum Gasteiger partial charge on any atom is -0.468 e. The number of ether oxygens (including phenoxy) is 1. The Balaban J connectivity index is 1.74. The van der Waals surface area contributed by atoms with Gasteiger partial charge in [0, 0.05) is 24.0 Å². The molecule has 0 unspecified atom stereocenters. The molecule has 1 aliphatic heterocycles. The first-order chi connectivity index (χ1) is 14.1. The zero-order chi connectivity index (χ0) is 20.0. The number of likely N-dealkylation sites (N-methyl/N-ethyl adjacent to an activating group) is 1. The molecular weight excluding hydrogens is 364 g/mol. The fourth-order valence-electron chi connectivity index (χ4n) is 3.93. The molecule has 1 N–H and O–H groups in total. The van der Waals surface area contributed by atoms with E-state index < -0.39 is 0 Å². The number of rotatable bonds is 4. The Morgan fingerprint density at radius 2 is 1.97 bits per heavy atom. The van der Waals surface area contributed by atoms with E-state index in [0.717, 1.165) is 40.0 Å². The lowest BCUT2D eigenvalue weighted by Gasteiger charge is -2.28. The van der Waals surface area contributed by atoms with Crippen LogP contribution in [0.2, 0.25) is 0 Å². The van der Waals surface area contributed by atoms with E-state index in [9.17, 15) is 0 Å². The molecule has 1 aliphatic rings. The standard InChI is InChI=1S/C23H22N4O2/c1-26(2)11-12-27-14-25-23-20(22(27)24)19(18-8-5-13-28-18)17-10-9-15-6-3-4-7-16(15)21(17)29-23/h3-10,13-14,19,24H,11-12H2,1-2H3/t19-/m0/s1. The van der Waals surface area contributed by atoms with Crippen LogP contribution in [0.25, 0.3) is 10.8 Å². The molecule has 4 aromatic rings. The fraction of sp³-hybridized carbons (Fsp3) is 0.217. The zero-order valence-corrected chi connectivity index (χ0v) is 16.4. The van der Waals surface area contributed by atoms with Crippen LogP contribution in [-0.2, 0) is 6.54 Å². The van der Waals surface area contributed by atoms with Crippen LogP contribution in [0.15, 0.2) is 65.5 Å². The molecule has 6 nitrogen and oxygen atoms in total. The number of benzene rings is 2. The maximum atomic E-state index is 8.89. The Morgan fingerprint density at radius 3 is 2.76 bits per heavy atom. The Hall–Kier alpha value is -3.38. The molecule has 0 aliphatic carbocycles. The smallest absolute Gasteiger partial charge is 0.228 e. The van der Waals surface area contributed by atoms with Crippen molar-refractivity contribution >= 4 is 10.8 Å². The van der Waals surface area contributed by atoms with Crippen LogP contribution in [0.1, 0.15) is 22.8 Å². The largest absolute Gasteiger partial charge is 0.468 e. The number of hydrogen-bond acceptors (Lipinski definition) is 5. The molecule has 29 heavy (non-hydrogen) atoms. The Labute approximate surface area is 168 Å². The van der Waals surface area contributed by atoms with Crippen LogP contribution < -0.4 is 10.2 Å². The molecule has 0 amide bonds. The van der Waals surface area contributed by atoms with Gasteiger partial charge in [-0.2, -0.15) is 0 Å². The van der Waals surface area contributed by atoms with Gasteiger partial charge in [0.2, 0.25) is 5.88 Å². The first-order valence-corrected chi connectivity index (χ1v) is 9.65. The van der Waals surface area contributed by atoms with Crippen molar-refractivity contribution in [1.29, 1.82) is 5.41 Å². The fourth-order valence-corrected chi connectivity index (χ4v) is 3.93. The number of furan rings is 1. The van der Waals surface area contributed by atoms with Gasteiger partial charge in [-0.25, -0.2) is 4.98 Å². The predicted octanol–water partition coefficient (Wildman–Crippen LogP) is 3.96. The summed E-state index contributed by atoms with van der Waals surface area (Å²) in [6.07, 6.45) is 3.37. The predicted molar refractivity (Wildman–Crippen MR) is 110 cm³/mol. The monoisotopic (exact) mass is 386 g/mol. The lowest BCUT2D eigenvalue weighted by atomic mass is 9.86. The summed E-state index contributed by atoms with van der Waals surface area (Å²) in [5.41, 5.74) is 2.13. The third-order valence-corrected chi connectivity index (χ3v) is 5.41. The van der Waals surface area contributed by atoms with Gasteiger partial charge in [-0.3, -0.25) is 5.41 Å². The van der Waals surface area contributed by atoms with E-state index in [2.05, 4.69) is 34.1 Å². The van der Waals surface area contributed by atoms with Crippen molar-refractivity contribution in [1.82, 2.24) is 14.5 Å². The van der Waals surface area contributed by atoms with E-state index >= 15 is 0 Å². The van der Waals surface area contributed by atoms with Gasteiger partial charge in [0.05, 0.1) is 17.7 Å². The number of fused-ring (bicyclic) bond motifs is 4. The third-order valence-electron chi connectivity index (χ3n) is 5.41. The van der Waals surface area contributed by atoms with Crippen LogP contribution in [0.3, 0.4) is 0 Å². The molecule has 0 bridgehead atoms. The average Bonchev–Trinajstić information content (AvgIpc) is 3.26. The van der Waals surface area contributed by atoms with Crippen LogP contribution in [0, 0.1) is 5.41 Å². The third kappa shape index (κ3) is 2.93. The van der Waals surface area contributed by atoms with Crippen molar-refractivity contribution in [3.63, 3.8) is 0 Å². The maximum Gasteiger partial charge on any atom is 0.228 e. The Bertz CT molecular complexity index is 1240. The molecule has 146 valence electrons.